The van der Waals surface area contributed by atoms with Gasteiger partial charge in [-0.3, -0.25) is 4.79 Å². The summed E-state index contributed by atoms with van der Waals surface area (Å²) >= 11 is 1.70. The predicted octanol–water partition coefficient (Wildman–Crippen LogP) is 8.05. The topological polar surface area (TPSA) is 62.7 Å². The fourth-order valence-electron chi connectivity index (χ4n) is 4.64. The van der Waals surface area contributed by atoms with Gasteiger partial charge in [0.05, 0.1) is 5.69 Å². The molecule has 1 aromatic heterocycles. The lowest BCUT2D eigenvalue weighted by Gasteiger charge is -2.22. The molecule has 0 aliphatic heterocycles. The van der Waals surface area contributed by atoms with Crippen molar-refractivity contribution >= 4 is 22.4 Å². The van der Waals surface area contributed by atoms with Crippen molar-refractivity contribution in [1.29, 1.82) is 0 Å². The second-order valence-corrected chi connectivity index (χ2v) is 10.9. The van der Waals surface area contributed by atoms with Crippen LogP contribution in [0.2, 0.25) is 0 Å². The minimum Gasteiger partial charge on any atom is -0.489 e. The molecule has 0 saturated heterocycles. The summed E-state index contributed by atoms with van der Waals surface area (Å²) in [4.78, 5) is 18.2. The minimum atomic E-state index is -0.785. The number of aliphatic carboxylic acids is 1. The van der Waals surface area contributed by atoms with Crippen LogP contribution in [0.25, 0.3) is 11.3 Å². The molecule has 5 aromatic rings. The first kappa shape index (κ1) is 28.1. The predicted molar refractivity (Wildman–Crippen MR) is 167 cm³/mol. The standard InChI is InChI=1S/C35H34N2O3S/c38-34(39)22-19-28-17-20-32(21-18-28)40-25-30-15-13-29(14-16-30)24-37(23-7-10-27-8-3-1-4-9-27)35-36-33(26-41-35)31-11-5-2-6-12-31/h1-6,8-9,11-18,20-21,26H,7,10,19,22-25H2,(H,38,39). The highest BCUT2D eigenvalue weighted by atomic mass is 32.1. The third-order valence-corrected chi connectivity index (χ3v) is 7.82. The Kier molecular flexibility index (Phi) is 9.80. The molecule has 0 amide bonds. The SMILES string of the molecule is O=C(O)CCc1ccc(OCc2ccc(CN(CCCc3ccccc3)c3nc(-c4ccccc4)cs3)cc2)cc1. The van der Waals surface area contributed by atoms with Crippen LogP contribution < -0.4 is 9.64 Å². The van der Waals surface area contributed by atoms with Crippen molar-refractivity contribution in [3.63, 3.8) is 0 Å². The van der Waals surface area contributed by atoms with E-state index in [1.807, 2.05) is 30.3 Å². The van der Waals surface area contributed by atoms with Crippen molar-refractivity contribution in [3.8, 4) is 17.0 Å². The molecule has 0 aliphatic carbocycles. The van der Waals surface area contributed by atoms with Crippen LogP contribution in [0.4, 0.5) is 5.13 Å². The molecule has 0 saturated carbocycles. The number of aromatic nitrogens is 1. The third-order valence-electron chi connectivity index (χ3n) is 6.92. The Labute approximate surface area is 245 Å². The zero-order chi connectivity index (χ0) is 28.3. The first-order valence-electron chi connectivity index (χ1n) is 13.9. The van der Waals surface area contributed by atoms with E-state index in [-0.39, 0.29) is 6.42 Å². The number of hydrogen-bond acceptors (Lipinski definition) is 5. The van der Waals surface area contributed by atoms with E-state index >= 15 is 0 Å². The molecule has 208 valence electrons. The van der Waals surface area contributed by atoms with E-state index in [2.05, 4.69) is 89.1 Å². The van der Waals surface area contributed by atoms with Gasteiger partial charge in [0.2, 0.25) is 0 Å². The Bertz CT molecular complexity index is 1500. The maximum Gasteiger partial charge on any atom is 0.303 e. The van der Waals surface area contributed by atoms with Crippen molar-refractivity contribution in [1.82, 2.24) is 4.98 Å². The highest BCUT2D eigenvalue weighted by Gasteiger charge is 2.13. The molecule has 5 nitrogen and oxygen atoms in total. The quantitative estimate of drug-likeness (QED) is 0.148. The maximum atomic E-state index is 10.8. The van der Waals surface area contributed by atoms with E-state index < -0.39 is 5.97 Å². The van der Waals surface area contributed by atoms with Gasteiger partial charge >= 0.3 is 5.97 Å². The number of rotatable bonds is 14. The van der Waals surface area contributed by atoms with Crippen molar-refractivity contribution in [3.05, 3.63) is 137 Å². The van der Waals surface area contributed by atoms with E-state index in [1.165, 1.54) is 11.1 Å². The summed E-state index contributed by atoms with van der Waals surface area (Å²) in [6, 6.07) is 37.2. The molecule has 0 unspecified atom stereocenters. The summed E-state index contributed by atoms with van der Waals surface area (Å²) in [5.41, 5.74) is 6.83. The molecule has 0 radical (unpaired) electrons. The van der Waals surface area contributed by atoms with Gasteiger partial charge in [0, 0.05) is 30.5 Å². The minimum absolute atomic E-state index is 0.133. The number of thiazole rings is 1. The van der Waals surface area contributed by atoms with Crippen molar-refractivity contribution in [2.24, 2.45) is 0 Å². The Morgan fingerprint density at radius 1 is 0.756 bits per heavy atom. The lowest BCUT2D eigenvalue weighted by molar-refractivity contribution is -0.136. The largest absolute Gasteiger partial charge is 0.489 e. The number of carbonyl (C=O) groups is 1. The normalized spacial score (nSPS) is 10.8. The van der Waals surface area contributed by atoms with Gasteiger partial charge in [-0.1, -0.05) is 97.1 Å². The Balaban J connectivity index is 1.21. The van der Waals surface area contributed by atoms with Crippen LogP contribution in [0, 0.1) is 0 Å². The monoisotopic (exact) mass is 562 g/mol. The van der Waals surface area contributed by atoms with Crippen LogP contribution in [-0.2, 0) is 30.8 Å². The molecule has 41 heavy (non-hydrogen) atoms. The summed E-state index contributed by atoms with van der Waals surface area (Å²) < 4.78 is 5.97. The van der Waals surface area contributed by atoms with Gasteiger partial charge in [0.25, 0.3) is 0 Å². The van der Waals surface area contributed by atoms with Gasteiger partial charge in [-0.15, -0.1) is 11.3 Å². The van der Waals surface area contributed by atoms with E-state index in [1.54, 1.807) is 11.3 Å². The highest BCUT2D eigenvalue weighted by Crippen LogP contribution is 2.29. The van der Waals surface area contributed by atoms with Gasteiger partial charge < -0.3 is 14.7 Å². The van der Waals surface area contributed by atoms with Gasteiger partial charge in [0.15, 0.2) is 5.13 Å². The summed E-state index contributed by atoms with van der Waals surface area (Å²) in [6.07, 6.45) is 2.74. The number of carboxylic acid groups (broad SMARTS) is 1. The Morgan fingerprint density at radius 2 is 1.39 bits per heavy atom. The van der Waals surface area contributed by atoms with Gasteiger partial charge in [0.1, 0.15) is 12.4 Å². The fraction of sp³-hybridized carbons (Fsp3) is 0.200. The number of hydrogen-bond donors (Lipinski definition) is 1. The second-order valence-electron chi connectivity index (χ2n) is 10.0. The average molecular weight is 563 g/mol. The third kappa shape index (κ3) is 8.53. The molecule has 1 N–H and O–H groups in total. The molecular weight excluding hydrogens is 528 g/mol. The van der Waals surface area contributed by atoms with Crippen LogP contribution in [0.3, 0.4) is 0 Å². The molecule has 0 atom stereocenters. The lowest BCUT2D eigenvalue weighted by Crippen LogP contribution is -2.24. The van der Waals surface area contributed by atoms with E-state index in [9.17, 15) is 4.79 Å². The number of benzene rings is 4. The highest BCUT2D eigenvalue weighted by molar-refractivity contribution is 7.14. The number of anilines is 1. The van der Waals surface area contributed by atoms with Crippen LogP contribution in [0.1, 0.15) is 35.1 Å². The number of ether oxygens (including phenoxy) is 1. The molecule has 4 aromatic carbocycles. The Hall–Kier alpha value is -4.42. The van der Waals surface area contributed by atoms with E-state index in [0.29, 0.717) is 13.0 Å². The van der Waals surface area contributed by atoms with E-state index in [0.717, 1.165) is 59.2 Å². The number of aryl methyl sites for hydroxylation is 2. The smallest absolute Gasteiger partial charge is 0.303 e. The fourth-order valence-corrected chi connectivity index (χ4v) is 5.51. The molecule has 0 bridgehead atoms. The van der Waals surface area contributed by atoms with E-state index in [4.69, 9.17) is 14.8 Å². The number of nitrogens with zero attached hydrogens (tertiary/aromatic N) is 2. The van der Waals surface area contributed by atoms with Crippen LogP contribution in [0.5, 0.6) is 5.75 Å². The first-order valence-corrected chi connectivity index (χ1v) is 14.8. The van der Waals surface area contributed by atoms with Crippen molar-refractivity contribution in [2.45, 2.75) is 38.8 Å². The second kappa shape index (κ2) is 14.3. The van der Waals surface area contributed by atoms with Gasteiger partial charge in [-0.25, -0.2) is 4.98 Å². The van der Waals surface area contributed by atoms with Gasteiger partial charge in [-0.2, -0.15) is 0 Å². The summed E-state index contributed by atoms with van der Waals surface area (Å²) in [5, 5.41) is 12.0. The lowest BCUT2D eigenvalue weighted by atomic mass is 10.1. The molecule has 5 rings (SSSR count). The summed E-state index contributed by atoms with van der Waals surface area (Å²) in [7, 11) is 0. The molecule has 0 aliphatic rings. The molecule has 0 fully saturated rings. The summed E-state index contributed by atoms with van der Waals surface area (Å²) in [6.45, 7) is 2.18. The zero-order valence-corrected chi connectivity index (χ0v) is 23.8. The van der Waals surface area contributed by atoms with Crippen molar-refractivity contribution in [2.75, 3.05) is 11.4 Å². The molecular formula is C35H34N2O3S. The van der Waals surface area contributed by atoms with Crippen LogP contribution >= 0.6 is 11.3 Å². The molecule has 1 heterocycles. The zero-order valence-electron chi connectivity index (χ0n) is 23.0. The van der Waals surface area contributed by atoms with Crippen LogP contribution in [-0.4, -0.2) is 22.6 Å². The summed E-state index contributed by atoms with van der Waals surface area (Å²) in [5.74, 6) is -0.0107. The maximum absolute atomic E-state index is 10.8. The van der Waals surface area contributed by atoms with Gasteiger partial charge in [-0.05, 0) is 53.6 Å². The van der Waals surface area contributed by atoms with Crippen molar-refractivity contribution < 1.29 is 14.6 Å². The molecule has 6 heteroatoms. The number of carboxylic acids is 1. The van der Waals surface area contributed by atoms with Crippen LogP contribution in [0.15, 0.2) is 115 Å². The Morgan fingerprint density at radius 3 is 2.10 bits per heavy atom. The molecule has 0 spiro atoms. The average Bonchev–Trinajstić information content (AvgIpc) is 3.51. The first-order chi connectivity index (χ1) is 20.1.